The minimum atomic E-state index is -0.145. The Morgan fingerprint density at radius 1 is 0.857 bits per heavy atom. The van der Waals surface area contributed by atoms with E-state index in [9.17, 15) is 4.79 Å². The highest BCUT2D eigenvalue weighted by Crippen LogP contribution is 2.20. The largest absolute Gasteiger partial charge is 0.457 e. The molecule has 0 radical (unpaired) electrons. The van der Waals surface area contributed by atoms with E-state index in [4.69, 9.17) is 10.00 Å². The third-order valence-corrected chi connectivity index (χ3v) is 4.09. The molecule has 0 aliphatic heterocycles. The van der Waals surface area contributed by atoms with E-state index in [0.717, 1.165) is 17.1 Å². The molecule has 0 bridgehead atoms. The van der Waals surface area contributed by atoms with Gasteiger partial charge in [-0.2, -0.15) is 5.26 Å². The van der Waals surface area contributed by atoms with Crippen LogP contribution in [-0.2, 0) is 6.54 Å². The maximum atomic E-state index is 12.0. The van der Waals surface area contributed by atoms with E-state index in [2.05, 4.69) is 10.6 Å². The molecule has 0 heterocycles. The summed E-state index contributed by atoms with van der Waals surface area (Å²) in [4.78, 5) is 12.0. The Balaban J connectivity index is 1.37. The molecule has 28 heavy (non-hydrogen) atoms. The van der Waals surface area contributed by atoms with Crippen LogP contribution in [0, 0.1) is 11.3 Å². The van der Waals surface area contributed by atoms with Crippen LogP contribution in [0.25, 0.3) is 0 Å². The van der Waals surface area contributed by atoms with Gasteiger partial charge in [0.25, 0.3) is 5.91 Å². The van der Waals surface area contributed by atoms with Crippen molar-refractivity contribution in [1.29, 1.82) is 5.26 Å². The highest BCUT2D eigenvalue weighted by Gasteiger charge is 2.04. The van der Waals surface area contributed by atoms with E-state index in [1.54, 1.807) is 24.3 Å². The van der Waals surface area contributed by atoms with Crippen LogP contribution in [0.5, 0.6) is 11.5 Å². The van der Waals surface area contributed by atoms with E-state index in [-0.39, 0.29) is 5.91 Å². The van der Waals surface area contributed by atoms with Gasteiger partial charge in [0.1, 0.15) is 11.5 Å². The minimum absolute atomic E-state index is 0.145. The van der Waals surface area contributed by atoms with Gasteiger partial charge in [-0.15, -0.1) is 0 Å². The molecule has 0 saturated carbocycles. The molecule has 3 aromatic rings. The summed E-state index contributed by atoms with van der Waals surface area (Å²) in [5.41, 5.74) is 2.23. The van der Waals surface area contributed by atoms with Crippen LogP contribution in [0.1, 0.15) is 21.5 Å². The second kappa shape index (κ2) is 9.91. The van der Waals surface area contributed by atoms with Gasteiger partial charge in [-0.3, -0.25) is 4.79 Å². The summed E-state index contributed by atoms with van der Waals surface area (Å²) in [6, 6.07) is 26.2. The average molecular weight is 371 g/mol. The van der Waals surface area contributed by atoms with Gasteiger partial charge >= 0.3 is 0 Å². The number of rotatable bonds is 8. The Morgan fingerprint density at radius 2 is 1.54 bits per heavy atom. The second-order valence-electron chi connectivity index (χ2n) is 6.18. The molecule has 0 unspecified atom stereocenters. The first-order valence-corrected chi connectivity index (χ1v) is 9.05. The lowest BCUT2D eigenvalue weighted by Crippen LogP contribution is -2.31. The summed E-state index contributed by atoms with van der Waals surface area (Å²) in [7, 11) is 0. The lowest BCUT2D eigenvalue weighted by molar-refractivity contribution is 0.0954. The van der Waals surface area contributed by atoms with Crippen LogP contribution in [0.4, 0.5) is 0 Å². The van der Waals surface area contributed by atoms with Gasteiger partial charge in [0.15, 0.2) is 0 Å². The fourth-order valence-corrected chi connectivity index (χ4v) is 2.60. The van der Waals surface area contributed by atoms with Crippen molar-refractivity contribution in [2.75, 3.05) is 13.1 Å². The quantitative estimate of drug-likeness (QED) is 0.590. The fourth-order valence-electron chi connectivity index (χ4n) is 2.60. The number of carbonyl (C=O) groups is 1. The van der Waals surface area contributed by atoms with Gasteiger partial charge in [-0.05, 0) is 54.1 Å². The number of benzene rings is 3. The Morgan fingerprint density at radius 3 is 2.21 bits per heavy atom. The Kier molecular flexibility index (Phi) is 6.78. The lowest BCUT2D eigenvalue weighted by Gasteiger charge is -2.09. The molecule has 0 spiro atoms. The first-order valence-electron chi connectivity index (χ1n) is 9.05. The SMILES string of the molecule is N#Cc1ccc(C(=O)NCCNCc2ccc(Oc3ccccc3)cc2)cc1. The summed E-state index contributed by atoms with van der Waals surface area (Å²) in [5.74, 6) is 1.46. The topological polar surface area (TPSA) is 74.2 Å². The van der Waals surface area contributed by atoms with Gasteiger partial charge in [-0.1, -0.05) is 30.3 Å². The summed E-state index contributed by atoms with van der Waals surface area (Å²) in [6.45, 7) is 1.89. The number of ether oxygens (including phenoxy) is 1. The standard InChI is InChI=1S/C23H21N3O2/c24-16-18-6-10-20(11-7-18)23(27)26-15-14-25-17-19-8-12-22(13-9-19)28-21-4-2-1-3-5-21/h1-13,25H,14-15,17H2,(H,26,27). The molecule has 1 amide bonds. The molecule has 5 heteroatoms. The van der Waals surface area contributed by atoms with Gasteiger partial charge < -0.3 is 15.4 Å². The highest BCUT2D eigenvalue weighted by atomic mass is 16.5. The zero-order valence-electron chi connectivity index (χ0n) is 15.4. The van der Waals surface area contributed by atoms with Crippen molar-refractivity contribution in [3.05, 3.63) is 95.6 Å². The van der Waals surface area contributed by atoms with Gasteiger partial charge in [-0.25, -0.2) is 0 Å². The first kappa shape index (κ1) is 19.2. The van der Waals surface area contributed by atoms with Crippen LogP contribution in [-0.4, -0.2) is 19.0 Å². The molecular formula is C23H21N3O2. The molecule has 0 aliphatic carbocycles. The molecule has 0 fully saturated rings. The number of hydrogen-bond donors (Lipinski definition) is 2. The van der Waals surface area contributed by atoms with Crippen molar-refractivity contribution < 1.29 is 9.53 Å². The molecular weight excluding hydrogens is 350 g/mol. The number of hydrogen-bond acceptors (Lipinski definition) is 4. The van der Waals surface area contributed by atoms with Crippen molar-refractivity contribution in [2.24, 2.45) is 0 Å². The van der Waals surface area contributed by atoms with E-state index in [0.29, 0.717) is 30.8 Å². The van der Waals surface area contributed by atoms with Crippen LogP contribution < -0.4 is 15.4 Å². The summed E-state index contributed by atoms with van der Waals surface area (Å²) < 4.78 is 5.77. The molecule has 0 aliphatic rings. The molecule has 0 aromatic heterocycles. The number of carbonyl (C=O) groups excluding carboxylic acids is 1. The molecule has 2 N–H and O–H groups in total. The van der Waals surface area contributed by atoms with Gasteiger partial charge in [0.05, 0.1) is 11.6 Å². The Hall–Kier alpha value is -3.62. The summed E-state index contributed by atoms with van der Waals surface area (Å²) in [5, 5.41) is 14.9. The van der Waals surface area contributed by atoms with E-state index in [1.165, 1.54) is 0 Å². The van der Waals surface area contributed by atoms with E-state index < -0.39 is 0 Å². The smallest absolute Gasteiger partial charge is 0.251 e. The third kappa shape index (κ3) is 5.70. The molecule has 0 atom stereocenters. The predicted molar refractivity (Wildman–Crippen MR) is 108 cm³/mol. The van der Waals surface area contributed by atoms with Crippen LogP contribution in [0.2, 0.25) is 0 Å². The number of amides is 1. The van der Waals surface area contributed by atoms with Crippen LogP contribution in [0.3, 0.4) is 0 Å². The minimum Gasteiger partial charge on any atom is -0.457 e. The number of nitriles is 1. The number of nitrogens with one attached hydrogen (secondary N) is 2. The molecule has 0 saturated heterocycles. The maximum absolute atomic E-state index is 12.0. The Bertz CT molecular complexity index is 930. The average Bonchev–Trinajstić information content (AvgIpc) is 2.75. The second-order valence-corrected chi connectivity index (χ2v) is 6.18. The zero-order valence-corrected chi connectivity index (χ0v) is 15.4. The van der Waals surface area contributed by atoms with E-state index in [1.807, 2.05) is 60.7 Å². The first-order chi connectivity index (χ1) is 13.7. The van der Waals surface area contributed by atoms with Crippen LogP contribution >= 0.6 is 0 Å². The predicted octanol–water partition coefficient (Wildman–Crippen LogP) is 3.87. The normalized spacial score (nSPS) is 10.1. The summed E-state index contributed by atoms with van der Waals surface area (Å²) in [6.07, 6.45) is 0. The highest BCUT2D eigenvalue weighted by molar-refractivity contribution is 5.94. The lowest BCUT2D eigenvalue weighted by atomic mass is 10.1. The Labute approximate surface area is 164 Å². The van der Waals surface area contributed by atoms with E-state index >= 15 is 0 Å². The van der Waals surface area contributed by atoms with Crippen LogP contribution in [0.15, 0.2) is 78.9 Å². The van der Waals surface area contributed by atoms with Crippen molar-refractivity contribution in [1.82, 2.24) is 10.6 Å². The van der Waals surface area contributed by atoms with Crippen molar-refractivity contribution in [3.8, 4) is 17.6 Å². The number of nitrogens with zero attached hydrogens (tertiary/aromatic N) is 1. The fraction of sp³-hybridized carbons (Fsp3) is 0.130. The molecule has 3 aromatic carbocycles. The monoisotopic (exact) mass is 371 g/mol. The third-order valence-electron chi connectivity index (χ3n) is 4.09. The summed E-state index contributed by atoms with van der Waals surface area (Å²) >= 11 is 0. The maximum Gasteiger partial charge on any atom is 0.251 e. The van der Waals surface area contributed by atoms with Crippen molar-refractivity contribution >= 4 is 5.91 Å². The van der Waals surface area contributed by atoms with Gasteiger partial charge in [0.2, 0.25) is 0 Å². The number of para-hydroxylation sites is 1. The van der Waals surface area contributed by atoms with Crippen molar-refractivity contribution in [2.45, 2.75) is 6.54 Å². The molecule has 140 valence electrons. The van der Waals surface area contributed by atoms with Gasteiger partial charge in [0, 0.05) is 25.2 Å². The van der Waals surface area contributed by atoms with Crippen molar-refractivity contribution in [3.63, 3.8) is 0 Å². The molecule has 3 rings (SSSR count). The molecule has 5 nitrogen and oxygen atoms in total. The zero-order chi connectivity index (χ0) is 19.6.